The Hall–Kier alpha value is -1.06. The van der Waals surface area contributed by atoms with E-state index in [4.69, 9.17) is 5.73 Å². The number of phenols is 1. The lowest BCUT2D eigenvalue weighted by Gasteiger charge is -2.33. The van der Waals surface area contributed by atoms with Crippen molar-refractivity contribution in [3.8, 4) is 5.75 Å². The SMILES string of the molecule is CN(Cc1ccc(O)cc1)C1CCC(N)CC1. The molecule has 0 radical (unpaired) electrons. The number of benzene rings is 1. The van der Waals surface area contributed by atoms with Crippen LogP contribution in [0.3, 0.4) is 0 Å². The maximum Gasteiger partial charge on any atom is 0.115 e. The van der Waals surface area contributed by atoms with E-state index >= 15 is 0 Å². The van der Waals surface area contributed by atoms with Gasteiger partial charge < -0.3 is 10.8 Å². The second kappa shape index (κ2) is 5.52. The molecule has 17 heavy (non-hydrogen) atoms. The van der Waals surface area contributed by atoms with Crippen LogP contribution in [-0.2, 0) is 6.54 Å². The molecule has 0 heterocycles. The van der Waals surface area contributed by atoms with Crippen LogP contribution in [-0.4, -0.2) is 29.1 Å². The number of aromatic hydroxyl groups is 1. The van der Waals surface area contributed by atoms with Crippen LogP contribution in [0.15, 0.2) is 24.3 Å². The molecule has 0 aromatic heterocycles. The van der Waals surface area contributed by atoms with E-state index in [9.17, 15) is 5.11 Å². The van der Waals surface area contributed by atoms with E-state index in [1.807, 2.05) is 12.1 Å². The van der Waals surface area contributed by atoms with Crippen LogP contribution in [0.1, 0.15) is 31.2 Å². The van der Waals surface area contributed by atoms with Crippen LogP contribution >= 0.6 is 0 Å². The molecule has 3 nitrogen and oxygen atoms in total. The van der Waals surface area contributed by atoms with E-state index in [2.05, 4.69) is 11.9 Å². The molecule has 1 fully saturated rings. The first-order chi connectivity index (χ1) is 8.15. The Morgan fingerprint density at radius 1 is 1.18 bits per heavy atom. The number of rotatable bonds is 3. The van der Waals surface area contributed by atoms with E-state index < -0.39 is 0 Å². The van der Waals surface area contributed by atoms with Crippen LogP contribution in [0.2, 0.25) is 0 Å². The van der Waals surface area contributed by atoms with Gasteiger partial charge in [0.2, 0.25) is 0 Å². The van der Waals surface area contributed by atoms with Gasteiger partial charge in [0.25, 0.3) is 0 Å². The Morgan fingerprint density at radius 2 is 1.76 bits per heavy atom. The molecule has 0 bridgehead atoms. The zero-order chi connectivity index (χ0) is 12.3. The van der Waals surface area contributed by atoms with Crippen LogP contribution in [0.25, 0.3) is 0 Å². The minimum absolute atomic E-state index is 0.333. The second-order valence-corrected chi connectivity index (χ2v) is 5.15. The molecule has 1 aliphatic rings. The lowest BCUT2D eigenvalue weighted by Crippen LogP contribution is -2.38. The molecular weight excluding hydrogens is 212 g/mol. The highest BCUT2D eigenvalue weighted by molar-refractivity contribution is 5.25. The highest BCUT2D eigenvalue weighted by Crippen LogP contribution is 2.22. The Kier molecular flexibility index (Phi) is 4.02. The number of hydrogen-bond acceptors (Lipinski definition) is 3. The van der Waals surface area contributed by atoms with Gasteiger partial charge in [-0.25, -0.2) is 0 Å². The first kappa shape index (κ1) is 12.4. The third-order valence-corrected chi connectivity index (χ3v) is 3.73. The highest BCUT2D eigenvalue weighted by atomic mass is 16.3. The summed E-state index contributed by atoms with van der Waals surface area (Å²) >= 11 is 0. The smallest absolute Gasteiger partial charge is 0.115 e. The summed E-state index contributed by atoms with van der Waals surface area (Å²) in [7, 11) is 2.17. The first-order valence-electron chi connectivity index (χ1n) is 6.39. The summed E-state index contributed by atoms with van der Waals surface area (Å²) in [5.74, 6) is 0.333. The fraction of sp³-hybridized carbons (Fsp3) is 0.571. The molecular formula is C14H22N2O. The maximum absolute atomic E-state index is 9.24. The monoisotopic (exact) mass is 234 g/mol. The fourth-order valence-corrected chi connectivity index (χ4v) is 2.56. The quantitative estimate of drug-likeness (QED) is 0.842. The van der Waals surface area contributed by atoms with Crippen molar-refractivity contribution in [2.45, 2.75) is 44.3 Å². The zero-order valence-corrected chi connectivity index (χ0v) is 10.5. The van der Waals surface area contributed by atoms with Gasteiger partial charge in [-0.2, -0.15) is 0 Å². The normalized spacial score (nSPS) is 25.1. The van der Waals surface area contributed by atoms with Crippen molar-refractivity contribution in [2.24, 2.45) is 5.73 Å². The molecule has 3 heteroatoms. The lowest BCUT2D eigenvalue weighted by molar-refractivity contribution is 0.176. The Labute approximate surface area is 103 Å². The van der Waals surface area contributed by atoms with Crippen molar-refractivity contribution in [2.75, 3.05) is 7.05 Å². The second-order valence-electron chi connectivity index (χ2n) is 5.15. The van der Waals surface area contributed by atoms with Gasteiger partial charge in [-0.15, -0.1) is 0 Å². The number of hydrogen-bond donors (Lipinski definition) is 2. The molecule has 1 aromatic rings. The summed E-state index contributed by atoms with van der Waals surface area (Å²) in [5, 5.41) is 9.24. The number of nitrogens with zero attached hydrogens (tertiary/aromatic N) is 1. The molecule has 3 N–H and O–H groups in total. The first-order valence-corrected chi connectivity index (χ1v) is 6.39. The minimum Gasteiger partial charge on any atom is -0.508 e. The van der Waals surface area contributed by atoms with Gasteiger partial charge in [0, 0.05) is 18.6 Å². The molecule has 0 amide bonds. The molecule has 1 saturated carbocycles. The molecule has 0 aliphatic heterocycles. The van der Waals surface area contributed by atoms with Crippen LogP contribution < -0.4 is 5.73 Å². The van der Waals surface area contributed by atoms with Gasteiger partial charge >= 0.3 is 0 Å². The van der Waals surface area contributed by atoms with E-state index in [1.54, 1.807) is 12.1 Å². The van der Waals surface area contributed by atoms with Crippen molar-refractivity contribution in [1.29, 1.82) is 0 Å². The van der Waals surface area contributed by atoms with Gasteiger partial charge in [0.1, 0.15) is 5.75 Å². The van der Waals surface area contributed by atoms with E-state index in [0.717, 1.165) is 19.4 Å². The average Bonchev–Trinajstić information content (AvgIpc) is 2.33. The predicted octanol–water partition coefficient (Wildman–Crippen LogP) is 2.09. The van der Waals surface area contributed by atoms with Crippen LogP contribution in [0.4, 0.5) is 0 Å². The van der Waals surface area contributed by atoms with Crippen LogP contribution in [0.5, 0.6) is 5.75 Å². The lowest BCUT2D eigenvalue weighted by atomic mass is 9.91. The molecule has 1 aromatic carbocycles. The Morgan fingerprint density at radius 3 is 2.35 bits per heavy atom. The summed E-state index contributed by atoms with van der Waals surface area (Å²) < 4.78 is 0. The highest BCUT2D eigenvalue weighted by Gasteiger charge is 2.21. The van der Waals surface area contributed by atoms with Gasteiger partial charge in [-0.1, -0.05) is 12.1 Å². The molecule has 0 saturated heterocycles. The molecule has 0 unspecified atom stereocenters. The molecule has 2 rings (SSSR count). The third kappa shape index (κ3) is 3.45. The predicted molar refractivity (Wildman–Crippen MR) is 69.8 cm³/mol. The summed E-state index contributed by atoms with van der Waals surface area (Å²) in [6.07, 6.45) is 4.70. The Balaban J connectivity index is 1.88. The summed E-state index contributed by atoms with van der Waals surface area (Å²) in [6, 6.07) is 8.54. The zero-order valence-electron chi connectivity index (χ0n) is 10.5. The van der Waals surface area contributed by atoms with Crippen molar-refractivity contribution < 1.29 is 5.11 Å². The van der Waals surface area contributed by atoms with Gasteiger partial charge in [-0.05, 0) is 50.4 Å². The van der Waals surface area contributed by atoms with Gasteiger partial charge in [0.05, 0.1) is 0 Å². The van der Waals surface area contributed by atoms with E-state index in [-0.39, 0.29) is 0 Å². The maximum atomic E-state index is 9.24. The van der Waals surface area contributed by atoms with Crippen molar-refractivity contribution >= 4 is 0 Å². The summed E-state index contributed by atoms with van der Waals surface area (Å²) in [5.41, 5.74) is 7.17. The van der Waals surface area contributed by atoms with E-state index in [1.165, 1.54) is 18.4 Å². The number of phenolic OH excluding ortho intramolecular Hbond substituents is 1. The largest absolute Gasteiger partial charge is 0.508 e. The molecule has 1 aliphatic carbocycles. The van der Waals surface area contributed by atoms with Crippen LogP contribution in [0, 0.1) is 0 Å². The van der Waals surface area contributed by atoms with Gasteiger partial charge in [-0.3, -0.25) is 4.90 Å². The third-order valence-electron chi connectivity index (χ3n) is 3.73. The van der Waals surface area contributed by atoms with Crippen molar-refractivity contribution in [3.05, 3.63) is 29.8 Å². The molecule has 0 spiro atoms. The Bertz CT molecular complexity index is 342. The summed E-state index contributed by atoms with van der Waals surface area (Å²) in [6.45, 7) is 0.945. The van der Waals surface area contributed by atoms with Crippen molar-refractivity contribution in [3.63, 3.8) is 0 Å². The topological polar surface area (TPSA) is 49.5 Å². The van der Waals surface area contributed by atoms with Gasteiger partial charge in [0.15, 0.2) is 0 Å². The average molecular weight is 234 g/mol. The number of nitrogens with two attached hydrogens (primary N) is 1. The standard InChI is InChI=1S/C14H22N2O/c1-16(13-6-4-12(15)5-7-13)10-11-2-8-14(17)9-3-11/h2-3,8-9,12-13,17H,4-7,10,15H2,1H3. The summed E-state index contributed by atoms with van der Waals surface area (Å²) in [4.78, 5) is 2.40. The minimum atomic E-state index is 0.333. The van der Waals surface area contributed by atoms with E-state index in [0.29, 0.717) is 17.8 Å². The molecule has 94 valence electrons. The molecule has 0 atom stereocenters. The fourth-order valence-electron chi connectivity index (χ4n) is 2.56. The van der Waals surface area contributed by atoms with Crippen molar-refractivity contribution in [1.82, 2.24) is 4.90 Å².